The van der Waals surface area contributed by atoms with Crippen molar-refractivity contribution in [1.29, 1.82) is 0 Å². The molecule has 0 radical (unpaired) electrons. The van der Waals surface area contributed by atoms with Crippen LogP contribution in [-0.4, -0.2) is 74.2 Å². The highest BCUT2D eigenvalue weighted by atomic mass is 32.2. The van der Waals surface area contributed by atoms with E-state index in [1.54, 1.807) is 0 Å². The van der Waals surface area contributed by atoms with Crippen LogP contribution in [0, 0.1) is 0 Å². The van der Waals surface area contributed by atoms with E-state index in [4.69, 9.17) is 0 Å². The number of benzene rings is 1. The number of carboxylic acid groups (broad SMARTS) is 1. The van der Waals surface area contributed by atoms with Crippen molar-refractivity contribution in [2.45, 2.75) is 28.7 Å². The maximum Gasteiger partial charge on any atom is 0.353 e. The summed E-state index contributed by atoms with van der Waals surface area (Å²) in [6.07, 6.45) is 0.164. The number of nitrogens with one attached hydrogen (secondary N) is 1. The monoisotopic (exact) mass is 491 g/mol. The highest BCUT2D eigenvalue weighted by Gasteiger charge is 2.54. The van der Waals surface area contributed by atoms with Crippen LogP contribution in [0.5, 0.6) is 0 Å². The second-order valence-corrected chi connectivity index (χ2v) is 11.0. The molecule has 168 valence electrons. The van der Waals surface area contributed by atoms with E-state index in [1.807, 2.05) is 49.3 Å². The van der Waals surface area contributed by atoms with Gasteiger partial charge in [0.15, 0.2) is 4.34 Å². The lowest BCUT2D eigenvalue weighted by molar-refractivity contribution is -0.150. The number of amides is 2. The zero-order valence-corrected chi connectivity index (χ0v) is 19.8. The second kappa shape index (κ2) is 9.61. The Balaban J connectivity index is 1.45. The third kappa shape index (κ3) is 4.82. The molecular formula is C20H21N5O4S3. The first-order valence-electron chi connectivity index (χ1n) is 9.73. The number of rotatable bonds is 8. The number of aliphatic carboxylic acids is 1. The minimum atomic E-state index is -1.17. The molecule has 32 heavy (non-hydrogen) atoms. The molecule has 12 heteroatoms. The van der Waals surface area contributed by atoms with Crippen molar-refractivity contribution in [1.82, 2.24) is 25.3 Å². The van der Waals surface area contributed by atoms with Gasteiger partial charge in [-0.25, -0.2) is 4.79 Å². The normalized spacial score (nSPS) is 20.2. The molecule has 1 fully saturated rings. The molecule has 1 aromatic heterocycles. The fourth-order valence-electron chi connectivity index (χ4n) is 3.39. The van der Waals surface area contributed by atoms with E-state index in [9.17, 15) is 19.5 Å². The van der Waals surface area contributed by atoms with Crippen LogP contribution in [0.3, 0.4) is 0 Å². The molecule has 0 spiro atoms. The average molecular weight is 492 g/mol. The Bertz CT molecular complexity index is 1070. The Kier molecular flexibility index (Phi) is 6.84. The highest BCUT2D eigenvalue weighted by molar-refractivity contribution is 8.07. The lowest BCUT2D eigenvalue weighted by atomic mass is 10.0. The lowest BCUT2D eigenvalue weighted by Gasteiger charge is -2.49. The number of fused-ring (bicyclic) bond motifs is 1. The quantitative estimate of drug-likeness (QED) is 0.532. The Morgan fingerprint density at radius 3 is 2.72 bits per heavy atom. The minimum Gasteiger partial charge on any atom is -0.477 e. The SMILES string of the molecule is CN(C)Cc1nnc(SC2=C(C(=O)O)N3C(=O)[C@@H](NC(=O)Cc4ccccc4)[C@@H]3SC2)s1. The molecule has 4 rings (SSSR count). The van der Waals surface area contributed by atoms with Gasteiger partial charge in [0.25, 0.3) is 5.91 Å². The number of thioether (sulfide) groups is 2. The van der Waals surface area contributed by atoms with Gasteiger partial charge in [-0.3, -0.25) is 14.5 Å². The molecule has 1 aromatic carbocycles. The van der Waals surface area contributed by atoms with Crippen LogP contribution in [-0.2, 0) is 27.3 Å². The number of hydrogen-bond acceptors (Lipinski definition) is 9. The third-order valence-corrected chi connectivity index (χ3v) is 8.28. The van der Waals surface area contributed by atoms with Crippen LogP contribution < -0.4 is 5.32 Å². The third-order valence-electron chi connectivity index (χ3n) is 4.77. The van der Waals surface area contributed by atoms with Gasteiger partial charge < -0.3 is 15.3 Å². The van der Waals surface area contributed by atoms with Crippen LogP contribution >= 0.6 is 34.9 Å². The second-order valence-electron chi connectivity index (χ2n) is 7.50. The van der Waals surface area contributed by atoms with Gasteiger partial charge in [0, 0.05) is 10.7 Å². The van der Waals surface area contributed by atoms with Gasteiger partial charge in [-0.2, -0.15) is 0 Å². The topological polar surface area (TPSA) is 116 Å². The molecule has 2 aromatic rings. The van der Waals surface area contributed by atoms with E-state index >= 15 is 0 Å². The summed E-state index contributed by atoms with van der Waals surface area (Å²) in [6.45, 7) is 0.648. The number of aromatic nitrogens is 2. The van der Waals surface area contributed by atoms with Gasteiger partial charge in [0.05, 0.1) is 13.0 Å². The Labute approximate surface area is 197 Å². The van der Waals surface area contributed by atoms with E-state index in [1.165, 1.54) is 39.8 Å². The van der Waals surface area contributed by atoms with Gasteiger partial charge in [0.2, 0.25) is 5.91 Å². The van der Waals surface area contributed by atoms with Crippen molar-refractivity contribution in [3.63, 3.8) is 0 Å². The van der Waals surface area contributed by atoms with Crippen LogP contribution in [0.2, 0.25) is 0 Å². The summed E-state index contributed by atoms with van der Waals surface area (Å²) >= 11 is 4.07. The van der Waals surface area contributed by atoms with Crippen molar-refractivity contribution < 1.29 is 19.5 Å². The predicted octanol–water partition coefficient (Wildman–Crippen LogP) is 1.63. The molecule has 2 atom stereocenters. The van der Waals surface area contributed by atoms with Crippen molar-refractivity contribution in [2.75, 3.05) is 19.8 Å². The van der Waals surface area contributed by atoms with E-state index < -0.39 is 23.3 Å². The number of carboxylic acids is 1. The first-order chi connectivity index (χ1) is 15.3. The standard InChI is InChI=1S/C20H21N5O4S3/c1-24(2)9-14-22-23-20(32-14)31-12-10-30-18-15(17(27)25(18)16(12)19(28)29)21-13(26)8-11-6-4-3-5-7-11/h3-7,15,18H,8-10H2,1-2H3,(H,21,26)(H,28,29)/t15-,18+/m1/s1. The zero-order chi connectivity index (χ0) is 22.8. The summed E-state index contributed by atoms with van der Waals surface area (Å²) in [5.74, 6) is -1.44. The van der Waals surface area contributed by atoms with Gasteiger partial charge in [-0.15, -0.1) is 22.0 Å². The van der Waals surface area contributed by atoms with Crippen LogP contribution in [0.1, 0.15) is 10.6 Å². The molecule has 9 nitrogen and oxygen atoms in total. The first kappa shape index (κ1) is 22.8. The summed E-state index contributed by atoms with van der Waals surface area (Å²) in [4.78, 5) is 41.0. The molecule has 1 saturated heterocycles. The number of β-lactam (4-membered cyclic amide) rings is 1. The Morgan fingerprint density at radius 1 is 1.28 bits per heavy atom. The summed E-state index contributed by atoms with van der Waals surface area (Å²) < 4.78 is 0.635. The van der Waals surface area contributed by atoms with Crippen molar-refractivity contribution in [2.24, 2.45) is 0 Å². The van der Waals surface area contributed by atoms with E-state index in [0.717, 1.165) is 10.6 Å². The Morgan fingerprint density at radius 2 is 2.03 bits per heavy atom. The zero-order valence-electron chi connectivity index (χ0n) is 17.3. The van der Waals surface area contributed by atoms with Crippen LogP contribution in [0.25, 0.3) is 0 Å². The number of hydrogen-bond donors (Lipinski definition) is 2. The van der Waals surface area contributed by atoms with Crippen molar-refractivity contribution in [3.8, 4) is 0 Å². The molecular weight excluding hydrogens is 470 g/mol. The van der Waals surface area contributed by atoms with Gasteiger partial charge >= 0.3 is 5.97 Å². The lowest BCUT2D eigenvalue weighted by Crippen LogP contribution is -2.70. The van der Waals surface area contributed by atoms with Crippen molar-refractivity contribution >= 4 is 52.6 Å². The fourth-order valence-corrected chi connectivity index (χ4v) is 7.05. The van der Waals surface area contributed by atoms with Gasteiger partial charge in [-0.05, 0) is 19.7 Å². The molecule has 0 bridgehead atoms. The van der Waals surface area contributed by atoms with E-state index in [2.05, 4.69) is 15.5 Å². The van der Waals surface area contributed by atoms with Gasteiger partial charge in [-0.1, -0.05) is 53.4 Å². The van der Waals surface area contributed by atoms with Crippen LogP contribution in [0.4, 0.5) is 0 Å². The molecule has 0 aliphatic carbocycles. The minimum absolute atomic E-state index is 0.0401. The number of carbonyl (C=O) groups is 3. The maximum absolute atomic E-state index is 12.8. The molecule has 0 saturated carbocycles. The van der Waals surface area contributed by atoms with E-state index in [0.29, 0.717) is 21.5 Å². The van der Waals surface area contributed by atoms with Crippen molar-refractivity contribution in [3.05, 3.63) is 51.5 Å². The molecule has 2 amide bonds. The van der Waals surface area contributed by atoms with Crippen LogP contribution in [0.15, 0.2) is 45.3 Å². The predicted molar refractivity (Wildman–Crippen MR) is 123 cm³/mol. The largest absolute Gasteiger partial charge is 0.477 e. The summed E-state index contributed by atoms with van der Waals surface area (Å²) in [6, 6.07) is 8.52. The summed E-state index contributed by atoms with van der Waals surface area (Å²) in [5, 5.41) is 21.2. The summed E-state index contributed by atoms with van der Waals surface area (Å²) in [5.41, 5.74) is 0.807. The maximum atomic E-state index is 12.8. The average Bonchev–Trinajstić information content (AvgIpc) is 3.18. The molecule has 2 aliphatic rings. The smallest absolute Gasteiger partial charge is 0.353 e. The number of carbonyl (C=O) groups excluding carboxylic acids is 2. The molecule has 3 heterocycles. The summed E-state index contributed by atoms with van der Waals surface area (Å²) in [7, 11) is 3.86. The molecule has 2 aliphatic heterocycles. The highest BCUT2D eigenvalue weighted by Crippen LogP contribution is 2.45. The first-order valence-corrected chi connectivity index (χ1v) is 12.4. The number of nitrogens with zero attached hydrogens (tertiary/aromatic N) is 4. The van der Waals surface area contributed by atoms with E-state index in [-0.39, 0.29) is 18.0 Å². The van der Waals surface area contributed by atoms with Gasteiger partial charge in [0.1, 0.15) is 22.1 Å². The molecule has 0 unspecified atom stereocenters. The molecule has 2 N–H and O–H groups in total. The fraction of sp³-hybridized carbons (Fsp3) is 0.350. The Hall–Kier alpha value is -2.41.